The molecule has 0 radical (unpaired) electrons. The molecular formula is C30H38I2N2O3. The first-order valence-electron chi connectivity index (χ1n) is 13.3. The van der Waals surface area contributed by atoms with Crippen LogP contribution < -0.4 is 14.8 Å². The average molecular weight is 728 g/mol. The van der Waals surface area contributed by atoms with E-state index >= 15 is 0 Å². The predicted octanol–water partition coefficient (Wildman–Crippen LogP) is 6.80. The zero-order valence-corrected chi connectivity index (χ0v) is 26.4. The fraction of sp³-hybridized carbons (Fsp3) is 0.533. The van der Waals surface area contributed by atoms with Crippen LogP contribution in [0.25, 0.3) is 0 Å². The number of benzene rings is 2. The number of ether oxygens (including phenoxy) is 2. The Labute approximate surface area is 252 Å². The van der Waals surface area contributed by atoms with Crippen LogP contribution in [0.5, 0.6) is 11.5 Å². The molecule has 2 aliphatic carbocycles. The molecule has 0 saturated carbocycles. The highest BCUT2D eigenvalue weighted by Crippen LogP contribution is 2.44. The van der Waals surface area contributed by atoms with E-state index < -0.39 is 0 Å². The fourth-order valence-electron chi connectivity index (χ4n) is 6.21. The Bertz CT molecular complexity index is 1130. The number of amides is 1. The summed E-state index contributed by atoms with van der Waals surface area (Å²) >= 11 is 2.15. The molecule has 0 spiro atoms. The molecule has 2 atom stereocenters. The average Bonchev–Trinajstić information content (AvgIpc) is 3.70. The molecule has 1 amide bonds. The molecule has 0 aromatic heterocycles. The third kappa shape index (κ3) is 6.73. The van der Waals surface area contributed by atoms with Crippen molar-refractivity contribution < 1.29 is 14.3 Å². The lowest BCUT2D eigenvalue weighted by Gasteiger charge is -2.15. The van der Waals surface area contributed by atoms with Crippen LogP contribution >= 0.6 is 46.6 Å². The Morgan fingerprint density at radius 1 is 0.946 bits per heavy atom. The zero-order chi connectivity index (χ0) is 25.5. The number of nitrogens with one attached hydrogen (secondary N) is 1. The minimum Gasteiger partial charge on any atom is -0.493 e. The van der Waals surface area contributed by atoms with Gasteiger partial charge in [0.25, 0.3) is 0 Å². The van der Waals surface area contributed by atoms with Gasteiger partial charge in [0.1, 0.15) is 11.5 Å². The van der Waals surface area contributed by atoms with Crippen molar-refractivity contribution in [2.24, 2.45) is 0 Å². The molecule has 2 aromatic rings. The Hall–Kier alpha value is -1.54. The standard InChI is InChI=1S/C16H21NO2.C13H13NO.CH3I.HI/c1-2-15(18)17-9-7-12-4-3-11-5-6-14-13(16(11)12)8-10-19-14;14-7-5-10-2-1-9-3-4-12-11(13(9)10)6-8-15-12;1-2;/h5-6,12H,2-4,7-10H2,1H3,(H,17,18);3-4,10H,1-2,5-6,8H2;1H3;1H/t12-;10-;;/m00../s1. The molecule has 2 heterocycles. The molecular weight excluding hydrogens is 690 g/mol. The van der Waals surface area contributed by atoms with Crippen molar-refractivity contribution in [2.75, 3.05) is 24.7 Å². The van der Waals surface area contributed by atoms with E-state index in [9.17, 15) is 4.79 Å². The Kier molecular flexibility index (Phi) is 11.8. The molecule has 0 unspecified atom stereocenters. The van der Waals surface area contributed by atoms with Crippen molar-refractivity contribution in [1.82, 2.24) is 5.32 Å². The first-order chi connectivity index (χ1) is 17.7. The lowest BCUT2D eigenvalue weighted by Crippen LogP contribution is -2.24. The first kappa shape index (κ1) is 30.0. The molecule has 0 saturated heterocycles. The van der Waals surface area contributed by atoms with Gasteiger partial charge in [0.05, 0.1) is 19.3 Å². The van der Waals surface area contributed by atoms with E-state index in [1.807, 2.05) is 11.9 Å². The molecule has 200 valence electrons. The SMILES string of the molecule is CCC(=O)NCC[C@@H]1CCc2ccc3c(c21)CCO3.CI.I.N#CC[C@@H]1CCc2ccc3c(c21)CCO3. The van der Waals surface area contributed by atoms with Crippen LogP contribution in [0.15, 0.2) is 24.3 Å². The number of rotatable bonds is 5. The maximum Gasteiger partial charge on any atom is 0.219 e. The summed E-state index contributed by atoms with van der Waals surface area (Å²) in [6, 6.07) is 10.9. The van der Waals surface area contributed by atoms with E-state index in [1.165, 1.54) is 46.2 Å². The van der Waals surface area contributed by atoms with E-state index in [4.69, 9.17) is 14.7 Å². The lowest BCUT2D eigenvalue weighted by atomic mass is 9.92. The van der Waals surface area contributed by atoms with Crippen LogP contribution in [-0.4, -0.2) is 30.6 Å². The number of carbonyl (C=O) groups excluding carboxylic acids is 1. The smallest absolute Gasteiger partial charge is 0.219 e. The van der Waals surface area contributed by atoms with Gasteiger partial charge in [-0.25, -0.2) is 0 Å². The molecule has 7 heteroatoms. The number of halogens is 2. The number of alkyl halides is 1. The van der Waals surface area contributed by atoms with Crippen molar-refractivity contribution >= 4 is 52.5 Å². The molecule has 0 fully saturated rings. The summed E-state index contributed by atoms with van der Waals surface area (Å²) in [5, 5.41) is 11.8. The lowest BCUT2D eigenvalue weighted by molar-refractivity contribution is -0.120. The number of aryl methyl sites for hydroxylation is 2. The van der Waals surface area contributed by atoms with Crippen LogP contribution in [0, 0.1) is 11.3 Å². The quantitative estimate of drug-likeness (QED) is 0.272. The summed E-state index contributed by atoms with van der Waals surface area (Å²) in [5.41, 5.74) is 8.72. The third-order valence-corrected chi connectivity index (χ3v) is 7.84. The normalized spacial score (nSPS) is 19.1. The van der Waals surface area contributed by atoms with E-state index in [2.05, 4.69) is 58.2 Å². The van der Waals surface area contributed by atoms with Crippen molar-refractivity contribution in [2.45, 2.75) is 76.5 Å². The molecule has 0 bridgehead atoms. The number of hydrogen-bond donors (Lipinski definition) is 1. The zero-order valence-electron chi connectivity index (χ0n) is 21.9. The monoisotopic (exact) mass is 728 g/mol. The number of carbonyl (C=O) groups is 1. The van der Waals surface area contributed by atoms with Gasteiger partial charge in [0.2, 0.25) is 5.91 Å². The highest BCUT2D eigenvalue weighted by Gasteiger charge is 2.30. The van der Waals surface area contributed by atoms with E-state index in [0.29, 0.717) is 24.7 Å². The molecule has 5 nitrogen and oxygen atoms in total. The molecule has 2 aromatic carbocycles. The minimum atomic E-state index is 0. The van der Waals surface area contributed by atoms with Crippen LogP contribution in [0.2, 0.25) is 0 Å². The molecule has 4 aliphatic rings. The summed E-state index contributed by atoms with van der Waals surface area (Å²) < 4.78 is 11.2. The van der Waals surface area contributed by atoms with Crippen LogP contribution in [0.3, 0.4) is 0 Å². The number of nitrogens with zero attached hydrogens (tertiary/aromatic N) is 1. The Morgan fingerprint density at radius 2 is 1.49 bits per heavy atom. The molecule has 2 aliphatic heterocycles. The highest BCUT2D eigenvalue weighted by molar-refractivity contribution is 14.1. The van der Waals surface area contributed by atoms with Gasteiger partial charge in [-0.3, -0.25) is 4.79 Å². The maximum absolute atomic E-state index is 11.3. The van der Waals surface area contributed by atoms with Crippen molar-refractivity contribution in [3.63, 3.8) is 0 Å². The van der Waals surface area contributed by atoms with Crippen molar-refractivity contribution in [3.8, 4) is 17.6 Å². The van der Waals surface area contributed by atoms with Crippen molar-refractivity contribution in [3.05, 3.63) is 57.6 Å². The number of hydrogen-bond acceptors (Lipinski definition) is 4. The van der Waals surface area contributed by atoms with Gasteiger partial charge in [-0.2, -0.15) is 5.26 Å². The number of fused-ring (bicyclic) bond motifs is 6. The number of nitriles is 1. The van der Waals surface area contributed by atoms with Crippen LogP contribution in [0.4, 0.5) is 0 Å². The highest BCUT2D eigenvalue weighted by atomic mass is 127. The van der Waals surface area contributed by atoms with E-state index in [0.717, 1.165) is 63.4 Å². The first-order valence-corrected chi connectivity index (χ1v) is 15.4. The van der Waals surface area contributed by atoms with Gasteiger partial charge in [0, 0.05) is 43.4 Å². The summed E-state index contributed by atoms with van der Waals surface area (Å²) in [7, 11) is 0. The van der Waals surface area contributed by atoms with Gasteiger partial charge < -0.3 is 14.8 Å². The topological polar surface area (TPSA) is 71.3 Å². The van der Waals surface area contributed by atoms with E-state index in [1.54, 1.807) is 0 Å². The van der Waals surface area contributed by atoms with Gasteiger partial charge in [-0.1, -0.05) is 41.6 Å². The van der Waals surface area contributed by atoms with Gasteiger partial charge in [-0.05, 0) is 83.3 Å². The maximum atomic E-state index is 11.3. The predicted molar refractivity (Wildman–Crippen MR) is 167 cm³/mol. The molecule has 6 rings (SSSR count). The van der Waals surface area contributed by atoms with Crippen LogP contribution in [-0.2, 0) is 30.5 Å². The third-order valence-electron chi connectivity index (χ3n) is 7.84. The second-order valence-electron chi connectivity index (χ2n) is 9.75. The van der Waals surface area contributed by atoms with Gasteiger partial charge in [0.15, 0.2) is 0 Å². The summed E-state index contributed by atoms with van der Waals surface area (Å²) in [6.07, 6.45) is 9.02. The summed E-state index contributed by atoms with van der Waals surface area (Å²) in [5.74, 6) is 3.35. The fourth-order valence-corrected chi connectivity index (χ4v) is 6.21. The summed E-state index contributed by atoms with van der Waals surface area (Å²) in [4.78, 5) is 13.3. The van der Waals surface area contributed by atoms with E-state index in [-0.39, 0.29) is 29.9 Å². The largest absolute Gasteiger partial charge is 0.493 e. The Balaban J connectivity index is 0.000000192. The van der Waals surface area contributed by atoms with Gasteiger partial charge >= 0.3 is 0 Å². The minimum absolute atomic E-state index is 0. The van der Waals surface area contributed by atoms with Crippen molar-refractivity contribution in [1.29, 1.82) is 5.26 Å². The van der Waals surface area contributed by atoms with Gasteiger partial charge in [-0.15, -0.1) is 24.0 Å². The second kappa shape index (κ2) is 14.6. The molecule has 37 heavy (non-hydrogen) atoms. The second-order valence-corrected chi connectivity index (χ2v) is 9.75. The molecule has 1 N–H and O–H groups in total. The van der Waals surface area contributed by atoms with Crippen LogP contribution in [0.1, 0.15) is 84.2 Å². The Morgan fingerprint density at radius 3 is 2.03 bits per heavy atom. The summed E-state index contributed by atoms with van der Waals surface area (Å²) in [6.45, 7) is 4.32.